The maximum atomic E-state index is 5.92. The molecule has 0 aliphatic carbocycles. The number of pyridine rings is 1. The van der Waals surface area contributed by atoms with Crippen LogP contribution in [0, 0.1) is 0 Å². The summed E-state index contributed by atoms with van der Waals surface area (Å²) in [4.78, 5) is 10.7. The van der Waals surface area contributed by atoms with Gasteiger partial charge < -0.3 is 20.1 Å². The number of hydrogen-bond acceptors (Lipinski definition) is 6. The highest BCUT2D eigenvalue weighted by Gasteiger charge is 2.10. The van der Waals surface area contributed by atoms with E-state index in [1.165, 1.54) is 0 Å². The third-order valence-electron chi connectivity index (χ3n) is 2.95. The highest BCUT2D eigenvalue weighted by molar-refractivity contribution is 5.74. The number of nitrogens with two attached hydrogens (primary N) is 1. The van der Waals surface area contributed by atoms with E-state index < -0.39 is 0 Å². The summed E-state index contributed by atoms with van der Waals surface area (Å²) in [6.07, 6.45) is 0. The lowest BCUT2D eigenvalue weighted by Gasteiger charge is -2.10. The molecule has 0 aliphatic rings. The minimum Gasteiger partial charge on any atom is -0.481 e. The number of aromatic nitrogens is 3. The Bertz CT molecular complexity index is 567. The number of imidazole rings is 1. The zero-order valence-corrected chi connectivity index (χ0v) is 12.2. The lowest BCUT2D eigenvalue weighted by Crippen LogP contribution is -2.19. The van der Waals surface area contributed by atoms with E-state index in [1.807, 2.05) is 24.7 Å². The van der Waals surface area contributed by atoms with Gasteiger partial charge >= 0.3 is 0 Å². The van der Waals surface area contributed by atoms with Gasteiger partial charge in [0.15, 0.2) is 5.65 Å². The molecule has 0 aliphatic heterocycles. The monoisotopic (exact) mass is 279 g/mol. The van der Waals surface area contributed by atoms with Crippen LogP contribution in [-0.2, 0) is 11.3 Å². The van der Waals surface area contributed by atoms with Crippen molar-refractivity contribution in [2.45, 2.75) is 6.54 Å². The molecule has 7 nitrogen and oxygen atoms in total. The molecular weight excluding hydrogens is 258 g/mol. The number of rotatable bonds is 7. The Morgan fingerprint density at radius 2 is 2.05 bits per heavy atom. The second kappa shape index (κ2) is 6.53. The molecule has 7 heteroatoms. The average Bonchev–Trinajstić information content (AvgIpc) is 2.73. The van der Waals surface area contributed by atoms with E-state index in [9.17, 15) is 0 Å². The Labute approximate surface area is 118 Å². The minimum atomic E-state index is 0.442. The quantitative estimate of drug-likeness (QED) is 0.748. The van der Waals surface area contributed by atoms with Crippen LogP contribution in [0.15, 0.2) is 12.1 Å². The molecule has 0 bridgehead atoms. The summed E-state index contributed by atoms with van der Waals surface area (Å²) in [5.74, 6) is 0.990. The van der Waals surface area contributed by atoms with Gasteiger partial charge in [-0.05, 0) is 20.2 Å². The number of hydrogen-bond donors (Lipinski definition) is 1. The highest BCUT2D eigenvalue weighted by Crippen LogP contribution is 2.18. The van der Waals surface area contributed by atoms with Crippen molar-refractivity contribution in [2.24, 2.45) is 0 Å². The first-order chi connectivity index (χ1) is 9.61. The first-order valence-corrected chi connectivity index (χ1v) is 6.51. The summed E-state index contributed by atoms with van der Waals surface area (Å²) in [7, 11) is 5.62. The van der Waals surface area contributed by atoms with E-state index in [0.717, 1.165) is 17.7 Å². The summed E-state index contributed by atoms with van der Waals surface area (Å²) < 4.78 is 12.5. The van der Waals surface area contributed by atoms with E-state index >= 15 is 0 Å². The summed E-state index contributed by atoms with van der Waals surface area (Å²) in [6, 6.07) is 3.62. The van der Waals surface area contributed by atoms with Gasteiger partial charge in [-0.25, -0.2) is 4.98 Å². The SMILES string of the molecule is COc1ccc2nc(N)n(CCOCCN(C)C)c2n1. The van der Waals surface area contributed by atoms with Gasteiger partial charge in [0, 0.05) is 12.6 Å². The molecule has 110 valence electrons. The standard InChI is InChI=1S/C13H21N5O2/c1-17(2)6-8-20-9-7-18-12-10(15-13(18)14)4-5-11(16-12)19-3/h4-5H,6-9H2,1-3H3,(H2,14,15). The van der Waals surface area contributed by atoms with Gasteiger partial charge in [-0.3, -0.25) is 4.57 Å². The molecule has 2 aromatic rings. The second-order valence-corrected chi connectivity index (χ2v) is 4.73. The van der Waals surface area contributed by atoms with Crippen LogP contribution in [0.25, 0.3) is 11.2 Å². The Morgan fingerprint density at radius 3 is 2.75 bits per heavy atom. The predicted octanol–water partition coefficient (Wildman–Crippen LogP) is 0.600. The second-order valence-electron chi connectivity index (χ2n) is 4.73. The molecule has 0 atom stereocenters. The third kappa shape index (κ3) is 3.37. The van der Waals surface area contributed by atoms with Crippen LogP contribution in [0.1, 0.15) is 0 Å². The highest BCUT2D eigenvalue weighted by atomic mass is 16.5. The number of methoxy groups -OCH3 is 1. The fourth-order valence-corrected chi connectivity index (χ4v) is 1.84. The summed E-state index contributed by atoms with van der Waals surface area (Å²) in [5, 5.41) is 0. The number of nitrogen functional groups attached to an aromatic ring is 1. The molecular formula is C13H21N5O2. The van der Waals surface area contributed by atoms with Crippen molar-refractivity contribution in [1.82, 2.24) is 19.4 Å². The Morgan fingerprint density at radius 1 is 1.25 bits per heavy atom. The first-order valence-electron chi connectivity index (χ1n) is 6.51. The molecule has 0 spiro atoms. The van der Waals surface area contributed by atoms with E-state index in [-0.39, 0.29) is 0 Å². The molecule has 2 heterocycles. The minimum absolute atomic E-state index is 0.442. The van der Waals surface area contributed by atoms with E-state index in [1.54, 1.807) is 13.2 Å². The van der Waals surface area contributed by atoms with Crippen LogP contribution in [0.4, 0.5) is 5.95 Å². The molecule has 0 fully saturated rings. The van der Waals surface area contributed by atoms with Crippen molar-refractivity contribution >= 4 is 17.1 Å². The van der Waals surface area contributed by atoms with Crippen molar-refractivity contribution in [3.63, 3.8) is 0 Å². The molecule has 0 saturated carbocycles. The molecule has 0 amide bonds. The molecule has 2 rings (SSSR count). The fourth-order valence-electron chi connectivity index (χ4n) is 1.84. The zero-order chi connectivity index (χ0) is 14.5. The summed E-state index contributed by atoms with van der Waals surface area (Å²) >= 11 is 0. The topological polar surface area (TPSA) is 78.4 Å². The number of ether oxygens (including phenoxy) is 2. The predicted molar refractivity (Wildman–Crippen MR) is 77.9 cm³/mol. The van der Waals surface area contributed by atoms with Crippen molar-refractivity contribution in [3.8, 4) is 5.88 Å². The first kappa shape index (κ1) is 14.5. The molecule has 0 saturated heterocycles. The lowest BCUT2D eigenvalue weighted by molar-refractivity contribution is 0.111. The zero-order valence-electron chi connectivity index (χ0n) is 12.2. The Hall–Kier alpha value is -1.86. The maximum Gasteiger partial charge on any atom is 0.215 e. The van der Waals surface area contributed by atoms with E-state index in [0.29, 0.717) is 31.6 Å². The Balaban J connectivity index is 2.03. The van der Waals surface area contributed by atoms with Crippen LogP contribution in [0.3, 0.4) is 0 Å². The smallest absolute Gasteiger partial charge is 0.215 e. The molecule has 0 radical (unpaired) electrons. The van der Waals surface area contributed by atoms with Gasteiger partial charge in [0.05, 0.1) is 26.9 Å². The van der Waals surface area contributed by atoms with Gasteiger partial charge in [0.2, 0.25) is 11.8 Å². The van der Waals surface area contributed by atoms with Crippen molar-refractivity contribution in [2.75, 3.05) is 46.7 Å². The Kier molecular flexibility index (Phi) is 4.75. The molecule has 0 aromatic carbocycles. The third-order valence-corrected chi connectivity index (χ3v) is 2.95. The van der Waals surface area contributed by atoms with Gasteiger partial charge in [0.25, 0.3) is 0 Å². The normalized spacial score (nSPS) is 11.4. The largest absolute Gasteiger partial charge is 0.481 e. The molecule has 0 unspecified atom stereocenters. The molecule has 2 N–H and O–H groups in total. The van der Waals surface area contributed by atoms with E-state index in [2.05, 4.69) is 14.9 Å². The van der Waals surface area contributed by atoms with Crippen LogP contribution >= 0.6 is 0 Å². The van der Waals surface area contributed by atoms with Gasteiger partial charge in [-0.15, -0.1) is 0 Å². The maximum absolute atomic E-state index is 5.92. The number of fused-ring (bicyclic) bond motifs is 1. The van der Waals surface area contributed by atoms with Crippen LogP contribution in [0.2, 0.25) is 0 Å². The number of nitrogens with zero attached hydrogens (tertiary/aromatic N) is 4. The van der Waals surface area contributed by atoms with Gasteiger partial charge in [0.1, 0.15) is 5.52 Å². The van der Waals surface area contributed by atoms with Crippen LogP contribution < -0.4 is 10.5 Å². The van der Waals surface area contributed by atoms with E-state index in [4.69, 9.17) is 15.2 Å². The fraction of sp³-hybridized carbons (Fsp3) is 0.538. The van der Waals surface area contributed by atoms with Crippen molar-refractivity contribution in [3.05, 3.63) is 12.1 Å². The number of anilines is 1. The lowest BCUT2D eigenvalue weighted by atomic mass is 10.4. The average molecular weight is 279 g/mol. The van der Waals surface area contributed by atoms with Crippen LogP contribution in [-0.4, -0.2) is 60.4 Å². The van der Waals surface area contributed by atoms with Crippen molar-refractivity contribution < 1.29 is 9.47 Å². The van der Waals surface area contributed by atoms with Gasteiger partial charge in [-0.1, -0.05) is 0 Å². The van der Waals surface area contributed by atoms with Gasteiger partial charge in [-0.2, -0.15) is 4.98 Å². The number of likely N-dealkylation sites (N-methyl/N-ethyl adjacent to an activating group) is 1. The molecule has 20 heavy (non-hydrogen) atoms. The molecule has 2 aromatic heterocycles. The summed E-state index contributed by atoms with van der Waals surface area (Å²) in [5.41, 5.74) is 7.40. The summed E-state index contributed by atoms with van der Waals surface area (Å²) in [6.45, 7) is 2.78. The van der Waals surface area contributed by atoms with Crippen molar-refractivity contribution in [1.29, 1.82) is 0 Å². The van der Waals surface area contributed by atoms with Crippen LogP contribution in [0.5, 0.6) is 5.88 Å².